The average molecular weight is 458 g/mol. The number of piperidine rings is 1. The van der Waals surface area contributed by atoms with Gasteiger partial charge in [0.25, 0.3) is 5.56 Å². The molecule has 4 aromatic rings. The molecule has 1 saturated heterocycles. The van der Waals surface area contributed by atoms with Gasteiger partial charge in [-0.15, -0.1) is 0 Å². The van der Waals surface area contributed by atoms with E-state index in [1.54, 1.807) is 29.0 Å². The molecule has 2 aromatic heterocycles. The van der Waals surface area contributed by atoms with Crippen LogP contribution >= 0.6 is 0 Å². The number of hydrogen-bond donors (Lipinski definition) is 1. The van der Waals surface area contributed by atoms with Crippen molar-refractivity contribution in [3.63, 3.8) is 0 Å². The van der Waals surface area contributed by atoms with Crippen molar-refractivity contribution in [1.82, 2.24) is 14.5 Å². The Morgan fingerprint density at radius 3 is 2.68 bits per heavy atom. The molecule has 0 aliphatic carbocycles. The van der Waals surface area contributed by atoms with E-state index < -0.39 is 5.82 Å². The molecule has 1 aliphatic heterocycles. The Bertz CT molecular complexity index is 1390. The van der Waals surface area contributed by atoms with Gasteiger partial charge in [0.2, 0.25) is 5.91 Å². The SMILES string of the molecule is O=C(Nc1ccccc1F)[C@@H]1CCCN(c2nc3cccnc3n(Cc3ccccc3)c2=O)C1. The predicted octanol–water partition coefficient (Wildman–Crippen LogP) is 3.83. The van der Waals surface area contributed by atoms with Crippen molar-refractivity contribution in [3.8, 4) is 0 Å². The third-order valence-corrected chi connectivity index (χ3v) is 6.09. The number of halogens is 1. The number of fused-ring (bicyclic) bond motifs is 1. The number of rotatable bonds is 5. The van der Waals surface area contributed by atoms with Gasteiger partial charge in [0, 0.05) is 19.3 Å². The van der Waals surface area contributed by atoms with E-state index in [4.69, 9.17) is 0 Å². The Morgan fingerprint density at radius 1 is 1.06 bits per heavy atom. The highest BCUT2D eigenvalue weighted by atomic mass is 19.1. The van der Waals surface area contributed by atoms with Crippen LogP contribution in [0.3, 0.4) is 0 Å². The van der Waals surface area contributed by atoms with E-state index in [1.807, 2.05) is 41.3 Å². The Hall–Kier alpha value is -4.07. The molecule has 2 aromatic carbocycles. The normalized spacial score (nSPS) is 15.9. The number of hydrogen-bond acceptors (Lipinski definition) is 5. The van der Waals surface area contributed by atoms with E-state index >= 15 is 0 Å². The van der Waals surface area contributed by atoms with Gasteiger partial charge >= 0.3 is 0 Å². The largest absolute Gasteiger partial charge is 0.351 e. The number of anilines is 2. The number of aromatic nitrogens is 3. The van der Waals surface area contributed by atoms with E-state index in [0.29, 0.717) is 43.0 Å². The standard InChI is InChI=1S/C26H24FN5O2/c27-20-11-4-5-12-21(20)30-25(33)19-10-7-15-31(17-19)24-26(34)32(16-18-8-2-1-3-9-18)23-22(29-24)13-6-14-28-23/h1-6,8-9,11-14,19H,7,10,15-17H2,(H,30,33)/t19-/m1/s1. The fraction of sp³-hybridized carbons (Fsp3) is 0.231. The molecule has 0 saturated carbocycles. The number of amides is 1. The van der Waals surface area contributed by atoms with Gasteiger partial charge < -0.3 is 10.2 Å². The van der Waals surface area contributed by atoms with Crippen molar-refractivity contribution in [2.75, 3.05) is 23.3 Å². The minimum absolute atomic E-state index is 0.157. The van der Waals surface area contributed by atoms with Gasteiger partial charge in [0.1, 0.15) is 11.3 Å². The molecule has 8 heteroatoms. The maximum atomic E-state index is 14.0. The summed E-state index contributed by atoms with van der Waals surface area (Å²) >= 11 is 0. The minimum Gasteiger partial charge on any atom is -0.351 e. The molecule has 0 spiro atoms. The topological polar surface area (TPSA) is 80.1 Å². The summed E-state index contributed by atoms with van der Waals surface area (Å²) in [7, 11) is 0. The lowest BCUT2D eigenvalue weighted by Crippen LogP contribution is -2.44. The van der Waals surface area contributed by atoms with Crippen LogP contribution in [0.15, 0.2) is 77.7 Å². The zero-order valence-electron chi connectivity index (χ0n) is 18.5. The van der Waals surface area contributed by atoms with Crippen LogP contribution in [0.5, 0.6) is 0 Å². The summed E-state index contributed by atoms with van der Waals surface area (Å²) in [6, 6.07) is 19.4. The summed E-state index contributed by atoms with van der Waals surface area (Å²) in [5, 5.41) is 2.69. The molecule has 0 radical (unpaired) electrons. The van der Waals surface area contributed by atoms with Crippen molar-refractivity contribution in [1.29, 1.82) is 0 Å². The number of nitrogens with zero attached hydrogens (tertiary/aromatic N) is 4. The molecule has 7 nitrogen and oxygen atoms in total. The minimum atomic E-state index is -0.476. The summed E-state index contributed by atoms with van der Waals surface area (Å²) in [5.74, 6) is -0.820. The molecule has 1 atom stereocenters. The van der Waals surface area contributed by atoms with Gasteiger partial charge in [-0.2, -0.15) is 0 Å². The number of pyridine rings is 1. The first-order valence-electron chi connectivity index (χ1n) is 11.3. The van der Waals surface area contributed by atoms with E-state index in [0.717, 1.165) is 12.0 Å². The summed E-state index contributed by atoms with van der Waals surface area (Å²) < 4.78 is 15.6. The molecule has 0 unspecified atom stereocenters. The number of benzene rings is 2. The van der Waals surface area contributed by atoms with Crippen LogP contribution in [-0.4, -0.2) is 33.5 Å². The van der Waals surface area contributed by atoms with E-state index in [-0.39, 0.29) is 23.1 Å². The molecular weight excluding hydrogens is 433 g/mol. The van der Waals surface area contributed by atoms with Crippen LogP contribution in [0.25, 0.3) is 11.2 Å². The smallest absolute Gasteiger partial charge is 0.295 e. The number of nitrogens with one attached hydrogen (secondary N) is 1. The highest BCUT2D eigenvalue weighted by Gasteiger charge is 2.29. The average Bonchev–Trinajstić information content (AvgIpc) is 2.87. The van der Waals surface area contributed by atoms with Crippen molar-refractivity contribution in [2.45, 2.75) is 19.4 Å². The van der Waals surface area contributed by atoms with Gasteiger partial charge in [-0.25, -0.2) is 14.4 Å². The lowest BCUT2D eigenvalue weighted by atomic mass is 9.97. The maximum absolute atomic E-state index is 14.0. The fourth-order valence-electron chi connectivity index (χ4n) is 4.36. The van der Waals surface area contributed by atoms with Gasteiger partial charge in [-0.05, 0) is 42.7 Å². The quantitative estimate of drug-likeness (QED) is 0.493. The van der Waals surface area contributed by atoms with Gasteiger partial charge in [-0.1, -0.05) is 42.5 Å². The van der Waals surface area contributed by atoms with E-state index in [1.165, 1.54) is 12.1 Å². The second-order valence-corrected chi connectivity index (χ2v) is 8.41. The van der Waals surface area contributed by atoms with Gasteiger partial charge in [0.15, 0.2) is 11.5 Å². The van der Waals surface area contributed by atoms with Crippen molar-refractivity contribution >= 4 is 28.6 Å². The maximum Gasteiger partial charge on any atom is 0.295 e. The molecule has 172 valence electrons. The molecule has 1 amide bonds. The molecule has 5 rings (SSSR count). The summed E-state index contributed by atoms with van der Waals surface area (Å²) in [4.78, 5) is 37.4. The molecule has 1 N–H and O–H groups in total. The van der Waals surface area contributed by atoms with Crippen LogP contribution in [0.4, 0.5) is 15.9 Å². The van der Waals surface area contributed by atoms with Crippen molar-refractivity contribution in [3.05, 3.63) is 94.7 Å². The third-order valence-electron chi connectivity index (χ3n) is 6.09. The fourth-order valence-corrected chi connectivity index (χ4v) is 4.36. The first kappa shape index (κ1) is 21.8. The van der Waals surface area contributed by atoms with E-state index in [9.17, 15) is 14.0 Å². The van der Waals surface area contributed by atoms with Crippen LogP contribution in [0, 0.1) is 11.7 Å². The molecular formula is C26H24FN5O2. The summed E-state index contributed by atoms with van der Waals surface area (Å²) in [6.45, 7) is 1.32. The Kier molecular flexibility index (Phi) is 6.03. The van der Waals surface area contributed by atoms with Gasteiger partial charge in [-0.3, -0.25) is 14.2 Å². The molecule has 3 heterocycles. The van der Waals surface area contributed by atoms with Crippen LogP contribution < -0.4 is 15.8 Å². The highest BCUT2D eigenvalue weighted by Crippen LogP contribution is 2.23. The number of carbonyl (C=O) groups is 1. The lowest BCUT2D eigenvalue weighted by molar-refractivity contribution is -0.120. The first-order valence-corrected chi connectivity index (χ1v) is 11.3. The van der Waals surface area contributed by atoms with Crippen molar-refractivity contribution in [2.24, 2.45) is 5.92 Å². The second-order valence-electron chi connectivity index (χ2n) is 8.41. The Labute approximate surface area is 195 Å². The summed E-state index contributed by atoms with van der Waals surface area (Å²) in [6.07, 6.45) is 3.03. The van der Waals surface area contributed by atoms with Crippen LogP contribution in [0.2, 0.25) is 0 Å². The molecule has 1 aliphatic rings. The molecule has 0 bridgehead atoms. The van der Waals surface area contributed by atoms with E-state index in [2.05, 4.69) is 15.3 Å². The van der Waals surface area contributed by atoms with Crippen molar-refractivity contribution < 1.29 is 9.18 Å². The zero-order chi connectivity index (χ0) is 23.5. The Balaban J connectivity index is 1.45. The highest BCUT2D eigenvalue weighted by molar-refractivity contribution is 5.93. The lowest BCUT2D eigenvalue weighted by Gasteiger charge is -2.32. The predicted molar refractivity (Wildman–Crippen MR) is 129 cm³/mol. The van der Waals surface area contributed by atoms with Gasteiger partial charge in [0.05, 0.1) is 18.2 Å². The van der Waals surface area contributed by atoms with Crippen LogP contribution in [0.1, 0.15) is 18.4 Å². The second kappa shape index (κ2) is 9.43. The number of para-hydroxylation sites is 1. The summed E-state index contributed by atoms with van der Waals surface area (Å²) in [5.41, 5.74) is 2.03. The molecule has 34 heavy (non-hydrogen) atoms. The molecule has 1 fully saturated rings. The first-order chi connectivity index (χ1) is 16.6. The third kappa shape index (κ3) is 4.39. The monoisotopic (exact) mass is 457 g/mol. The zero-order valence-corrected chi connectivity index (χ0v) is 18.5. The number of carbonyl (C=O) groups excluding carboxylic acids is 1. The Morgan fingerprint density at radius 2 is 1.85 bits per heavy atom. The van der Waals surface area contributed by atoms with Crippen LogP contribution in [-0.2, 0) is 11.3 Å².